The molecule has 27 heavy (non-hydrogen) atoms. The van der Waals surface area contributed by atoms with Crippen LogP contribution in [0.1, 0.15) is 6.42 Å². The van der Waals surface area contributed by atoms with E-state index in [4.69, 9.17) is 0 Å². The first-order valence-electron chi connectivity index (χ1n) is 8.66. The normalized spacial score (nSPS) is 11.1. The van der Waals surface area contributed by atoms with E-state index in [-0.39, 0.29) is 5.62 Å². The number of pyridine rings is 1. The van der Waals surface area contributed by atoms with Gasteiger partial charge in [0.2, 0.25) is 0 Å². The zero-order valence-corrected chi connectivity index (χ0v) is 14.5. The predicted molar refractivity (Wildman–Crippen MR) is 103 cm³/mol. The minimum Gasteiger partial charge on any atom is -0.744 e. The van der Waals surface area contributed by atoms with Gasteiger partial charge in [0.15, 0.2) is 0 Å². The van der Waals surface area contributed by atoms with Gasteiger partial charge in [0, 0.05) is 23.4 Å². The van der Waals surface area contributed by atoms with Crippen LogP contribution in [0.2, 0.25) is 0 Å². The fourth-order valence-corrected chi connectivity index (χ4v) is 3.36. The van der Waals surface area contributed by atoms with Crippen LogP contribution in [-0.2, 0) is 6.54 Å². The van der Waals surface area contributed by atoms with E-state index in [0.29, 0.717) is 30.5 Å². The number of hydrogen-bond acceptors (Lipinski definition) is 4. The summed E-state index contributed by atoms with van der Waals surface area (Å²) in [4.78, 5) is 2.21. The van der Waals surface area contributed by atoms with Crippen molar-refractivity contribution in [3.8, 4) is 0 Å². The Morgan fingerprint density at radius 3 is 2.30 bits per heavy atom. The highest BCUT2D eigenvalue weighted by molar-refractivity contribution is 6.04. The molecule has 0 aliphatic rings. The minimum atomic E-state index is -0.425. The number of H-pyrrole nitrogens is 1. The van der Waals surface area contributed by atoms with Crippen molar-refractivity contribution < 1.29 is 9.94 Å². The van der Waals surface area contributed by atoms with Crippen molar-refractivity contribution in [2.24, 2.45) is 0 Å². The van der Waals surface area contributed by atoms with Crippen LogP contribution in [-0.4, -0.2) is 21.3 Å². The molecule has 0 saturated heterocycles. The molecular formula is C19H19N5O3. The summed E-state index contributed by atoms with van der Waals surface area (Å²) < 4.78 is 2.79. The third kappa shape index (κ3) is 3.01. The van der Waals surface area contributed by atoms with Gasteiger partial charge in [0.25, 0.3) is 11.0 Å². The SMILES string of the molecule is [O-][N+]([O-])=c1[nH]ccn1CCCNc1c2ccccc2[n+](O)c2ccccc12. The summed E-state index contributed by atoms with van der Waals surface area (Å²) in [5.74, 6) is 0. The van der Waals surface area contributed by atoms with Gasteiger partial charge in [-0.15, -0.1) is 0 Å². The number of aromatic amines is 1. The van der Waals surface area contributed by atoms with Crippen LogP contribution in [0, 0.1) is 10.4 Å². The van der Waals surface area contributed by atoms with Crippen molar-refractivity contribution in [3.63, 3.8) is 0 Å². The average Bonchev–Trinajstić information content (AvgIpc) is 3.16. The van der Waals surface area contributed by atoms with Crippen molar-refractivity contribution in [1.82, 2.24) is 14.5 Å². The standard InChI is InChI=1S/C19H18N5O3/c25-23-16-8-3-1-6-14(16)18(15-7-2-4-9-17(15)23)20-10-5-12-22-13-11-21-19(22)24(26)27/h1-4,6-9,11,13,21,25H,5,10,12H2/q-1/p+1. The first kappa shape index (κ1) is 16.8. The van der Waals surface area contributed by atoms with E-state index in [1.54, 1.807) is 17.0 Å². The van der Waals surface area contributed by atoms with Gasteiger partial charge < -0.3 is 15.7 Å². The maximum Gasteiger partial charge on any atom is 0.358 e. The van der Waals surface area contributed by atoms with Crippen LogP contribution >= 0.6 is 0 Å². The Hall–Kier alpha value is -3.68. The molecule has 0 amide bonds. The largest absolute Gasteiger partial charge is 0.744 e. The lowest BCUT2D eigenvalue weighted by atomic mass is 10.1. The molecule has 2 aromatic heterocycles. The van der Waals surface area contributed by atoms with Crippen molar-refractivity contribution in [2.45, 2.75) is 13.0 Å². The molecule has 0 saturated carbocycles. The summed E-state index contributed by atoms with van der Waals surface area (Å²) >= 11 is 0. The second-order valence-corrected chi connectivity index (χ2v) is 6.24. The molecule has 0 fully saturated rings. The van der Waals surface area contributed by atoms with Crippen LogP contribution in [0.25, 0.3) is 21.8 Å². The number of aromatic nitrogens is 3. The molecule has 0 unspecified atom stereocenters. The number of aryl methyl sites for hydroxylation is 1. The maximum atomic E-state index is 11.0. The van der Waals surface area contributed by atoms with E-state index < -0.39 is 4.90 Å². The highest BCUT2D eigenvalue weighted by Crippen LogP contribution is 2.29. The van der Waals surface area contributed by atoms with Gasteiger partial charge in [0.05, 0.1) is 35.4 Å². The van der Waals surface area contributed by atoms with Gasteiger partial charge >= 0.3 is 5.62 Å². The molecule has 8 nitrogen and oxygen atoms in total. The van der Waals surface area contributed by atoms with Crippen LogP contribution < -0.4 is 20.6 Å². The molecule has 2 heterocycles. The summed E-state index contributed by atoms with van der Waals surface area (Å²) in [6.07, 6.45) is 3.93. The molecule has 0 aliphatic carbocycles. The minimum absolute atomic E-state index is 0.0214. The first-order valence-corrected chi connectivity index (χ1v) is 8.66. The van der Waals surface area contributed by atoms with Crippen molar-refractivity contribution in [3.05, 3.63) is 77.0 Å². The van der Waals surface area contributed by atoms with Crippen molar-refractivity contribution in [1.29, 1.82) is 0 Å². The number of rotatable bonds is 5. The molecular weight excluding hydrogens is 346 g/mol. The molecule has 8 heteroatoms. The molecule has 0 radical (unpaired) electrons. The summed E-state index contributed by atoms with van der Waals surface area (Å²) in [7, 11) is 0. The van der Waals surface area contributed by atoms with E-state index in [2.05, 4.69) is 10.3 Å². The van der Waals surface area contributed by atoms with E-state index in [0.717, 1.165) is 16.5 Å². The number of nitrogens with one attached hydrogen (secondary N) is 2. The lowest BCUT2D eigenvalue weighted by Gasteiger charge is -2.13. The number of para-hydroxylation sites is 2. The van der Waals surface area contributed by atoms with Crippen molar-refractivity contribution in [2.75, 3.05) is 11.9 Å². The smallest absolute Gasteiger partial charge is 0.358 e. The van der Waals surface area contributed by atoms with Crippen molar-refractivity contribution >= 4 is 27.5 Å². The highest BCUT2D eigenvalue weighted by atomic mass is 16.8. The molecule has 2 aromatic carbocycles. The Bertz CT molecular complexity index is 1120. The molecule has 4 aromatic rings. The third-order valence-corrected chi connectivity index (χ3v) is 4.59. The fourth-order valence-electron chi connectivity index (χ4n) is 3.36. The Morgan fingerprint density at radius 2 is 1.67 bits per heavy atom. The second-order valence-electron chi connectivity index (χ2n) is 6.24. The number of hydrogen-bond donors (Lipinski definition) is 3. The Balaban J connectivity index is 1.62. The van der Waals surface area contributed by atoms with E-state index >= 15 is 0 Å². The van der Waals surface area contributed by atoms with Crippen LogP contribution in [0.15, 0.2) is 60.9 Å². The van der Waals surface area contributed by atoms with Crippen LogP contribution in [0.3, 0.4) is 0 Å². The highest BCUT2D eigenvalue weighted by Gasteiger charge is 2.19. The zero-order valence-electron chi connectivity index (χ0n) is 14.5. The Labute approximate surface area is 154 Å². The summed E-state index contributed by atoms with van der Waals surface area (Å²) in [6.45, 7) is 1.16. The molecule has 3 N–H and O–H groups in total. The van der Waals surface area contributed by atoms with E-state index in [1.807, 2.05) is 48.5 Å². The number of fused-ring (bicyclic) bond motifs is 2. The fraction of sp³-hybridized carbons (Fsp3) is 0.158. The second kappa shape index (κ2) is 6.91. The molecule has 0 atom stereocenters. The van der Waals surface area contributed by atoms with Crippen LogP contribution in [0.4, 0.5) is 5.69 Å². The van der Waals surface area contributed by atoms with Gasteiger partial charge in [-0.2, -0.15) is 0 Å². The first-order chi connectivity index (χ1) is 13.2. The van der Waals surface area contributed by atoms with Crippen LogP contribution in [0.5, 0.6) is 0 Å². The summed E-state index contributed by atoms with van der Waals surface area (Å²) in [5, 5.41) is 37.8. The summed E-state index contributed by atoms with van der Waals surface area (Å²) in [5.41, 5.74) is 2.36. The molecule has 0 aliphatic heterocycles. The van der Waals surface area contributed by atoms with Gasteiger partial charge in [-0.25, -0.2) is 9.55 Å². The van der Waals surface area contributed by atoms with Gasteiger partial charge in [-0.1, -0.05) is 24.3 Å². The number of nitrogens with zero attached hydrogens (tertiary/aromatic N) is 3. The molecule has 0 bridgehead atoms. The zero-order chi connectivity index (χ0) is 18.8. The van der Waals surface area contributed by atoms with Gasteiger partial charge in [-0.05, 0) is 18.6 Å². The topological polar surface area (TPSA) is 106 Å². The lowest BCUT2D eigenvalue weighted by molar-refractivity contribution is -0.864. The average molecular weight is 365 g/mol. The molecule has 138 valence electrons. The molecule has 4 rings (SSSR count). The Morgan fingerprint density at radius 1 is 1.04 bits per heavy atom. The van der Waals surface area contributed by atoms with Gasteiger partial charge in [-0.3, -0.25) is 10.1 Å². The third-order valence-electron chi connectivity index (χ3n) is 4.59. The summed E-state index contributed by atoms with van der Waals surface area (Å²) in [6, 6.07) is 15.3. The van der Waals surface area contributed by atoms with E-state index in [9.17, 15) is 15.6 Å². The van der Waals surface area contributed by atoms with Gasteiger partial charge in [0.1, 0.15) is 0 Å². The van der Waals surface area contributed by atoms with E-state index in [1.165, 1.54) is 4.73 Å². The quantitative estimate of drug-likeness (QED) is 0.165. The maximum absolute atomic E-state index is 11.0. The number of imidazole rings is 1. The number of benzene rings is 2. The Kier molecular flexibility index (Phi) is 4.29. The number of anilines is 1. The lowest BCUT2D eigenvalue weighted by Crippen LogP contribution is -2.32. The molecule has 0 spiro atoms. The monoisotopic (exact) mass is 365 g/mol. The predicted octanol–water partition coefficient (Wildman–Crippen LogP) is 1.92.